The number of hydrogen-bond acceptors (Lipinski definition) is 3. The van der Waals surface area contributed by atoms with E-state index in [0.717, 1.165) is 6.42 Å². The Morgan fingerprint density at radius 1 is 1.41 bits per heavy atom. The van der Waals surface area contributed by atoms with Crippen LogP contribution >= 0.6 is 0 Å². The van der Waals surface area contributed by atoms with Crippen LogP contribution in [0.5, 0.6) is 0 Å². The molecule has 2 unspecified atom stereocenters. The van der Waals surface area contributed by atoms with Crippen LogP contribution in [0.1, 0.15) is 34.1 Å². The molecule has 0 bridgehead atoms. The SMILES string of the molecule is CC1(C)CN(C(=O)C2CC2(C)C)CC(CO)O1. The zero-order valence-electron chi connectivity index (χ0n) is 11.2. The fraction of sp³-hybridized carbons (Fsp3) is 0.923. The van der Waals surface area contributed by atoms with Gasteiger partial charge in [-0.25, -0.2) is 0 Å². The summed E-state index contributed by atoms with van der Waals surface area (Å²) in [6, 6.07) is 0. The van der Waals surface area contributed by atoms with Gasteiger partial charge in [0.15, 0.2) is 0 Å². The fourth-order valence-electron chi connectivity index (χ4n) is 2.67. The van der Waals surface area contributed by atoms with Crippen LogP contribution in [0.25, 0.3) is 0 Å². The Kier molecular flexibility index (Phi) is 2.99. The van der Waals surface area contributed by atoms with Crippen molar-refractivity contribution in [2.45, 2.75) is 45.8 Å². The second kappa shape index (κ2) is 3.95. The van der Waals surface area contributed by atoms with Gasteiger partial charge in [-0.2, -0.15) is 0 Å². The molecular formula is C13H23NO3. The van der Waals surface area contributed by atoms with E-state index >= 15 is 0 Å². The molecule has 0 spiro atoms. The second-order valence-electron chi connectivity index (χ2n) is 6.65. The molecule has 4 heteroatoms. The number of carbonyl (C=O) groups excluding carboxylic acids is 1. The van der Waals surface area contributed by atoms with E-state index in [-0.39, 0.29) is 35.6 Å². The molecule has 2 fully saturated rings. The van der Waals surface area contributed by atoms with Crippen molar-refractivity contribution < 1.29 is 14.6 Å². The molecule has 2 rings (SSSR count). The number of rotatable bonds is 2. The minimum absolute atomic E-state index is 0.0265. The highest BCUT2D eigenvalue weighted by Gasteiger charge is 2.53. The van der Waals surface area contributed by atoms with Gasteiger partial charge in [-0.05, 0) is 25.7 Å². The Bertz CT molecular complexity index is 325. The average molecular weight is 241 g/mol. The Hall–Kier alpha value is -0.610. The molecular weight excluding hydrogens is 218 g/mol. The van der Waals surface area contributed by atoms with Crippen molar-refractivity contribution in [1.29, 1.82) is 0 Å². The van der Waals surface area contributed by atoms with E-state index in [1.54, 1.807) is 0 Å². The van der Waals surface area contributed by atoms with E-state index in [4.69, 9.17) is 4.74 Å². The maximum atomic E-state index is 12.3. The van der Waals surface area contributed by atoms with E-state index in [9.17, 15) is 9.90 Å². The second-order valence-corrected chi connectivity index (χ2v) is 6.65. The number of amides is 1. The Morgan fingerprint density at radius 3 is 2.47 bits per heavy atom. The number of ether oxygens (including phenoxy) is 1. The highest BCUT2D eigenvalue weighted by Crippen LogP contribution is 2.52. The fourth-order valence-corrected chi connectivity index (χ4v) is 2.67. The molecule has 0 aromatic heterocycles. The lowest BCUT2D eigenvalue weighted by Crippen LogP contribution is -2.56. The van der Waals surface area contributed by atoms with Crippen molar-refractivity contribution in [1.82, 2.24) is 4.90 Å². The normalized spacial score (nSPS) is 34.5. The summed E-state index contributed by atoms with van der Waals surface area (Å²) in [6.45, 7) is 9.30. The molecule has 0 aromatic rings. The van der Waals surface area contributed by atoms with Gasteiger partial charge in [0.2, 0.25) is 5.91 Å². The van der Waals surface area contributed by atoms with Gasteiger partial charge in [-0.1, -0.05) is 13.8 Å². The molecule has 1 saturated carbocycles. The quantitative estimate of drug-likeness (QED) is 0.785. The topological polar surface area (TPSA) is 49.8 Å². The zero-order chi connectivity index (χ0) is 12.8. The first-order valence-corrected chi connectivity index (χ1v) is 6.33. The molecule has 4 nitrogen and oxygen atoms in total. The number of carbonyl (C=O) groups is 1. The van der Waals surface area contributed by atoms with Gasteiger partial charge in [0.05, 0.1) is 18.3 Å². The first-order chi connectivity index (χ1) is 7.75. The summed E-state index contributed by atoms with van der Waals surface area (Å²) in [5.41, 5.74) is -0.200. The molecule has 1 amide bonds. The monoisotopic (exact) mass is 241 g/mol. The van der Waals surface area contributed by atoms with Gasteiger partial charge in [0.25, 0.3) is 0 Å². The van der Waals surface area contributed by atoms with Crippen molar-refractivity contribution in [2.24, 2.45) is 11.3 Å². The lowest BCUT2D eigenvalue weighted by molar-refractivity contribution is -0.168. The molecule has 2 atom stereocenters. The average Bonchev–Trinajstić information content (AvgIpc) is 2.84. The van der Waals surface area contributed by atoms with Crippen molar-refractivity contribution in [3.05, 3.63) is 0 Å². The van der Waals surface area contributed by atoms with E-state index in [1.807, 2.05) is 18.7 Å². The Labute approximate surface area is 103 Å². The molecule has 0 radical (unpaired) electrons. The summed E-state index contributed by atoms with van der Waals surface area (Å²) < 4.78 is 5.71. The van der Waals surface area contributed by atoms with Crippen LogP contribution in [-0.2, 0) is 9.53 Å². The summed E-state index contributed by atoms with van der Waals surface area (Å²) in [4.78, 5) is 14.2. The van der Waals surface area contributed by atoms with E-state index in [0.29, 0.717) is 13.1 Å². The highest BCUT2D eigenvalue weighted by atomic mass is 16.5. The zero-order valence-corrected chi connectivity index (χ0v) is 11.2. The Balaban J connectivity index is 2.03. The van der Waals surface area contributed by atoms with Crippen molar-refractivity contribution in [3.63, 3.8) is 0 Å². The third-order valence-corrected chi connectivity index (χ3v) is 3.81. The Morgan fingerprint density at radius 2 is 2.00 bits per heavy atom. The first-order valence-electron chi connectivity index (χ1n) is 6.33. The van der Waals surface area contributed by atoms with E-state index < -0.39 is 0 Å². The predicted octanol–water partition coefficient (Wildman–Crippen LogP) is 1.03. The van der Waals surface area contributed by atoms with Crippen molar-refractivity contribution >= 4 is 5.91 Å². The van der Waals surface area contributed by atoms with Gasteiger partial charge in [0, 0.05) is 19.0 Å². The largest absolute Gasteiger partial charge is 0.394 e. The smallest absolute Gasteiger partial charge is 0.226 e. The molecule has 1 N–H and O–H groups in total. The molecule has 1 aliphatic heterocycles. The maximum absolute atomic E-state index is 12.3. The summed E-state index contributed by atoms with van der Waals surface area (Å²) in [6.07, 6.45) is 0.734. The van der Waals surface area contributed by atoms with Crippen LogP contribution in [0, 0.1) is 11.3 Å². The van der Waals surface area contributed by atoms with Crippen LogP contribution < -0.4 is 0 Å². The lowest BCUT2D eigenvalue weighted by Gasteiger charge is -2.42. The van der Waals surface area contributed by atoms with E-state index in [2.05, 4.69) is 13.8 Å². The van der Waals surface area contributed by atoms with E-state index in [1.165, 1.54) is 0 Å². The molecule has 1 aliphatic carbocycles. The standard InChI is InChI=1S/C13H23NO3/c1-12(2)5-10(12)11(16)14-6-9(7-15)17-13(3,4)8-14/h9-10,15H,5-8H2,1-4H3. The maximum Gasteiger partial charge on any atom is 0.226 e. The summed E-state index contributed by atoms with van der Waals surface area (Å²) in [7, 11) is 0. The van der Waals surface area contributed by atoms with Gasteiger partial charge in [-0.3, -0.25) is 4.79 Å². The van der Waals surface area contributed by atoms with Crippen LogP contribution in [-0.4, -0.2) is 47.3 Å². The highest BCUT2D eigenvalue weighted by molar-refractivity contribution is 5.82. The molecule has 17 heavy (non-hydrogen) atoms. The summed E-state index contributed by atoms with van der Waals surface area (Å²) >= 11 is 0. The molecule has 98 valence electrons. The minimum atomic E-state index is -0.361. The van der Waals surface area contributed by atoms with Crippen LogP contribution in [0.2, 0.25) is 0 Å². The van der Waals surface area contributed by atoms with Gasteiger partial charge < -0.3 is 14.7 Å². The number of hydrogen-bond donors (Lipinski definition) is 1. The van der Waals surface area contributed by atoms with Crippen LogP contribution in [0.3, 0.4) is 0 Å². The number of morpholine rings is 1. The third kappa shape index (κ3) is 2.63. The molecule has 1 saturated heterocycles. The van der Waals surface area contributed by atoms with Crippen molar-refractivity contribution in [3.8, 4) is 0 Å². The van der Waals surface area contributed by atoms with Gasteiger partial charge >= 0.3 is 0 Å². The third-order valence-electron chi connectivity index (χ3n) is 3.81. The van der Waals surface area contributed by atoms with Crippen molar-refractivity contribution in [2.75, 3.05) is 19.7 Å². The summed E-state index contributed by atoms with van der Waals surface area (Å²) in [5.74, 6) is 0.389. The molecule has 2 aliphatic rings. The van der Waals surface area contributed by atoms with Crippen LogP contribution in [0.15, 0.2) is 0 Å². The first kappa shape index (κ1) is 12.8. The van der Waals surface area contributed by atoms with Gasteiger partial charge in [-0.15, -0.1) is 0 Å². The molecule has 1 heterocycles. The predicted molar refractivity (Wildman–Crippen MR) is 64.5 cm³/mol. The lowest BCUT2D eigenvalue weighted by atomic mass is 10.0. The molecule has 0 aromatic carbocycles. The number of nitrogens with zero attached hydrogens (tertiary/aromatic N) is 1. The minimum Gasteiger partial charge on any atom is -0.394 e. The number of aliphatic hydroxyl groups is 1. The number of aliphatic hydroxyl groups excluding tert-OH is 1. The van der Waals surface area contributed by atoms with Crippen LogP contribution in [0.4, 0.5) is 0 Å². The van der Waals surface area contributed by atoms with Gasteiger partial charge in [0.1, 0.15) is 0 Å². The summed E-state index contributed by atoms with van der Waals surface area (Å²) in [5, 5.41) is 9.22.